The summed E-state index contributed by atoms with van der Waals surface area (Å²) in [7, 11) is 0. The van der Waals surface area contributed by atoms with Gasteiger partial charge in [0.05, 0.1) is 12.2 Å². The Morgan fingerprint density at radius 2 is 2.33 bits per heavy atom. The van der Waals surface area contributed by atoms with Crippen molar-refractivity contribution >= 4 is 5.96 Å². The molecule has 15 heavy (non-hydrogen) atoms. The van der Waals surface area contributed by atoms with Gasteiger partial charge in [0.25, 0.3) is 0 Å². The van der Waals surface area contributed by atoms with Crippen LogP contribution in [0.25, 0.3) is 0 Å². The minimum atomic E-state index is 0.112. The van der Waals surface area contributed by atoms with Gasteiger partial charge < -0.3 is 15.8 Å². The van der Waals surface area contributed by atoms with Crippen molar-refractivity contribution in [3.05, 3.63) is 29.6 Å². The molecule has 1 aromatic heterocycles. The number of aryl methyl sites for hydroxylation is 1. The average Bonchev–Trinajstić information content (AvgIpc) is 2.25. The van der Waals surface area contributed by atoms with E-state index in [-0.39, 0.29) is 5.96 Å². The van der Waals surface area contributed by atoms with E-state index in [1.54, 1.807) is 4.90 Å². The van der Waals surface area contributed by atoms with Crippen LogP contribution in [0.4, 0.5) is 0 Å². The van der Waals surface area contributed by atoms with Crippen LogP contribution in [0.3, 0.4) is 0 Å². The highest BCUT2D eigenvalue weighted by Gasteiger charge is 2.07. The molecule has 3 N–H and O–H groups in total. The van der Waals surface area contributed by atoms with E-state index in [1.807, 2.05) is 32.0 Å². The second kappa shape index (κ2) is 5.19. The quantitative estimate of drug-likeness (QED) is 0.335. The molecule has 5 heteroatoms. The number of rotatable bonds is 3. The van der Waals surface area contributed by atoms with Gasteiger partial charge in [0, 0.05) is 12.2 Å². The summed E-state index contributed by atoms with van der Waals surface area (Å²) in [6.45, 7) is 5.09. The van der Waals surface area contributed by atoms with Crippen molar-refractivity contribution in [1.82, 2.24) is 9.88 Å². The number of nitrogens with zero attached hydrogens (tertiary/aromatic N) is 3. The molecule has 0 aliphatic rings. The van der Waals surface area contributed by atoms with Crippen LogP contribution in [0.5, 0.6) is 0 Å². The fourth-order valence-electron chi connectivity index (χ4n) is 1.30. The first kappa shape index (κ1) is 11.3. The monoisotopic (exact) mass is 208 g/mol. The van der Waals surface area contributed by atoms with Gasteiger partial charge in [-0.15, -0.1) is 0 Å². The van der Waals surface area contributed by atoms with Crippen LogP contribution in [-0.2, 0) is 6.54 Å². The van der Waals surface area contributed by atoms with E-state index in [0.29, 0.717) is 13.1 Å². The van der Waals surface area contributed by atoms with Crippen LogP contribution in [0.15, 0.2) is 23.4 Å². The van der Waals surface area contributed by atoms with E-state index in [2.05, 4.69) is 10.1 Å². The number of nitrogens with two attached hydrogens (primary N) is 1. The van der Waals surface area contributed by atoms with Gasteiger partial charge >= 0.3 is 0 Å². The van der Waals surface area contributed by atoms with E-state index in [4.69, 9.17) is 10.9 Å². The van der Waals surface area contributed by atoms with Crippen molar-refractivity contribution in [2.24, 2.45) is 10.9 Å². The smallest absolute Gasteiger partial charge is 0.233 e. The zero-order valence-electron chi connectivity index (χ0n) is 9.01. The molecule has 82 valence electrons. The Kier molecular flexibility index (Phi) is 3.91. The van der Waals surface area contributed by atoms with Crippen molar-refractivity contribution in [3.63, 3.8) is 0 Å². The largest absolute Gasteiger partial charge is 0.408 e. The number of aromatic nitrogens is 1. The van der Waals surface area contributed by atoms with Gasteiger partial charge in [-0.25, -0.2) is 0 Å². The summed E-state index contributed by atoms with van der Waals surface area (Å²) in [6, 6.07) is 5.79. The molecular formula is C10H16N4O. The Labute approximate surface area is 89.2 Å². The second-order valence-electron chi connectivity index (χ2n) is 3.24. The summed E-state index contributed by atoms with van der Waals surface area (Å²) >= 11 is 0. The van der Waals surface area contributed by atoms with Crippen molar-refractivity contribution < 1.29 is 5.21 Å². The lowest BCUT2D eigenvalue weighted by molar-refractivity contribution is 0.297. The highest BCUT2D eigenvalue weighted by Crippen LogP contribution is 2.02. The van der Waals surface area contributed by atoms with Gasteiger partial charge in [0.1, 0.15) is 0 Å². The van der Waals surface area contributed by atoms with Crippen molar-refractivity contribution in [2.45, 2.75) is 20.4 Å². The van der Waals surface area contributed by atoms with Gasteiger partial charge in [0.15, 0.2) is 0 Å². The number of pyridine rings is 1. The first-order chi connectivity index (χ1) is 7.17. The van der Waals surface area contributed by atoms with E-state index in [0.717, 1.165) is 11.4 Å². The molecule has 0 fully saturated rings. The summed E-state index contributed by atoms with van der Waals surface area (Å²) in [5.74, 6) is 0.112. The van der Waals surface area contributed by atoms with Gasteiger partial charge in [-0.1, -0.05) is 11.2 Å². The highest BCUT2D eigenvalue weighted by molar-refractivity contribution is 5.77. The van der Waals surface area contributed by atoms with Crippen LogP contribution in [-0.4, -0.2) is 27.6 Å². The topological polar surface area (TPSA) is 74.7 Å². The Morgan fingerprint density at radius 3 is 2.87 bits per heavy atom. The Bertz CT molecular complexity index is 351. The molecule has 0 saturated carbocycles. The first-order valence-electron chi connectivity index (χ1n) is 4.82. The molecule has 0 bridgehead atoms. The number of hydrogen-bond acceptors (Lipinski definition) is 3. The Morgan fingerprint density at radius 1 is 1.60 bits per heavy atom. The summed E-state index contributed by atoms with van der Waals surface area (Å²) in [5, 5.41) is 11.5. The molecule has 5 nitrogen and oxygen atoms in total. The first-order valence-corrected chi connectivity index (χ1v) is 4.82. The molecule has 0 aromatic carbocycles. The van der Waals surface area contributed by atoms with Gasteiger partial charge in [0.2, 0.25) is 5.96 Å². The van der Waals surface area contributed by atoms with Gasteiger partial charge in [-0.05, 0) is 26.0 Å². The van der Waals surface area contributed by atoms with Crippen LogP contribution >= 0.6 is 0 Å². The zero-order chi connectivity index (χ0) is 11.3. The molecule has 0 unspecified atom stereocenters. The average molecular weight is 208 g/mol. The minimum absolute atomic E-state index is 0.112. The van der Waals surface area contributed by atoms with Gasteiger partial charge in [-0.2, -0.15) is 0 Å². The molecule has 0 spiro atoms. The normalized spacial score (nSPS) is 11.5. The molecule has 1 rings (SSSR count). The molecular weight excluding hydrogens is 192 g/mol. The Balaban J connectivity index is 2.75. The summed E-state index contributed by atoms with van der Waals surface area (Å²) in [6.07, 6.45) is 0. The predicted molar refractivity (Wildman–Crippen MR) is 58.5 cm³/mol. The van der Waals surface area contributed by atoms with E-state index in [1.165, 1.54) is 0 Å². The minimum Gasteiger partial charge on any atom is -0.408 e. The molecule has 0 saturated heterocycles. The zero-order valence-corrected chi connectivity index (χ0v) is 9.01. The van der Waals surface area contributed by atoms with E-state index >= 15 is 0 Å². The summed E-state index contributed by atoms with van der Waals surface area (Å²) < 4.78 is 0. The maximum absolute atomic E-state index is 8.57. The number of hydrogen-bond donors (Lipinski definition) is 2. The van der Waals surface area contributed by atoms with Crippen LogP contribution in [0.1, 0.15) is 18.3 Å². The lowest BCUT2D eigenvalue weighted by Crippen LogP contribution is -2.36. The highest BCUT2D eigenvalue weighted by atomic mass is 16.4. The molecule has 0 aliphatic heterocycles. The molecule has 0 atom stereocenters. The van der Waals surface area contributed by atoms with Gasteiger partial charge in [-0.3, -0.25) is 4.98 Å². The number of guanidine groups is 1. The van der Waals surface area contributed by atoms with Crippen molar-refractivity contribution in [1.29, 1.82) is 0 Å². The third-order valence-electron chi connectivity index (χ3n) is 2.11. The number of oxime groups is 1. The maximum atomic E-state index is 8.57. The lowest BCUT2D eigenvalue weighted by atomic mass is 10.3. The van der Waals surface area contributed by atoms with Crippen LogP contribution < -0.4 is 5.73 Å². The van der Waals surface area contributed by atoms with Crippen molar-refractivity contribution in [3.8, 4) is 0 Å². The Hall–Kier alpha value is -1.78. The van der Waals surface area contributed by atoms with E-state index in [9.17, 15) is 0 Å². The summed E-state index contributed by atoms with van der Waals surface area (Å²) in [4.78, 5) is 6.08. The van der Waals surface area contributed by atoms with E-state index < -0.39 is 0 Å². The predicted octanol–water partition coefficient (Wildman–Crippen LogP) is 0.916. The van der Waals surface area contributed by atoms with Crippen LogP contribution in [0.2, 0.25) is 0 Å². The molecule has 0 radical (unpaired) electrons. The molecule has 1 aromatic rings. The molecule has 1 heterocycles. The fourth-order valence-corrected chi connectivity index (χ4v) is 1.30. The third-order valence-corrected chi connectivity index (χ3v) is 2.11. The second-order valence-corrected chi connectivity index (χ2v) is 3.24. The van der Waals surface area contributed by atoms with Crippen molar-refractivity contribution in [2.75, 3.05) is 6.54 Å². The maximum Gasteiger partial charge on any atom is 0.233 e. The fraction of sp³-hybridized carbons (Fsp3) is 0.400. The standard InChI is InChI=1S/C10H16N4O/c1-3-14(10(11)13-15)7-9-6-4-5-8(2)12-9/h4-6,15H,3,7H2,1-2H3,(H2,11,13). The summed E-state index contributed by atoms with van der Waals surface area (Å²) in [5.41, 5.74) is 7.38. The third kappa shape index (κ3) is 3.12. The SMILES string of the molecule is CCN(Cc1cccc(C)n1)C(N)=NO. The molecule has 0 aliphatic carbocycles. The van der Waals surface area contributed by atoms with Crippen LogP contribution in [0, 0.1) is 6.92 Å². The lowest BCUT2D eigenvalue weighted by Gasteiger charge is -2.19. The molecule has 0 amide bonds.